The zero-order chi connectivity index (χ0) is 24.0. The van der Waals surface area contributed by atoms with E-state index in [4.69, 9.17) is 14.2 Å². The highest BCUT2D eigenvalue weighted by molar-refractivity contribution is 5.76. The van der Waals surface area contributed by atoms with E-state index in [2.05, 4.69) is 34.1 Å². The predicted molar refractivity (Wildman–Crippen MR) is 131 cm³/mol. The van der Waals surface area contributed by atoms with Crippen LogP contribution in [0.4, 0.5) is 0 Å². The first-order valence-corrected chi connectivity index (χ1v) is 12.7. The number of nitrogens with zero attached hydrogens (tertiary/aromatic N) is 3. The van der Waals surface area contributed by atoms with Gasteiger partial charge in [0.05, 0.1) is 51.2 Å². The number of aliphatic hydroxyl groups excluding tert-OH is 1. The molecule has 3 aliphatic heterocycles. The summed E-state index contributed by atoms with van der Waals surface area (Å²) in [6.07, 6.45) is 4.98. The molecule has 4 atom stereocenters. The minimum absolute atomic E-state index is 0.101. The zero-order valence-electron chi connectivity index (χ0n) is 20.1. The van der Waals surface area contributed by atoms with Crippen molar-refractivity contribution in [1.82, 2.24) is 14.8 Å². The summed E-state index contributed by atoms with van der Waals surface area (Å²) < 4.78 is 17.6. The Kier molecular flexibility index (Phi) is 8.06. The topological polar surface area (TPSA) is 84.4 Å². The van der Waals surface area contributed by atoms with Crippen molar-refractivity contribution in [3.63, 3.8) is 0 Å². The molecule has 3 fully saturated rings. The van der Waals surface area contributed by atoms with Crippen LogP contribution in [0.1, 0.15) is 24.8 Å². The smallest absolute Gasteiger partial charge is 0.225 e. The van der Waals surface area contributed by atoms with Crippen LogP contribution in [0.2, 0.25) is 0 Å². The van der Waals surface area contributed by atoms with Gasteiger partial charge in [-0.15, -0.1) is 0 Å². The van der Waals surface area contributed by atoms with Crippen LogP contribution in [-0.4, -0.2) is 96.2 Å². The van der Waals surface area contributed by atoms with Gasteiger partial charge in [0, 0.05) is 44.6 Å². The van der Waals surface area contributed by atoms with Crippen LogP contribution >= 0.6 is 0 Å². The lowest BCUT2D eigenvalue weighted by Gasteiger charge is -2.44. The van der Waals surface area contributed by atoms with E-state index in [1.807, 2.05) is 17.0 Å². The summed E-state index contributed by atoms with van der Waals surface area (Å²) in [7, 11) is 0. The second kappa shape index (κ2) is 11.6. The quantitative estimate of drug-likeness (QED) is 0.700. The van der Waals surface area contributed by atoms with E-state index in [0.717, 1.165) is 30.5 Å². The van der Waals surface area contributed by atoms with E-state index in [1.165, 1.54) is 5.56 Å². The van der Waals surface area contributed by atoms with Crippen LogP contribution in [0, 0.1) is 0 Å². The molecule has 4 heterocycles. The minimum atomic E-state index is -0.542. The SMILES string of the molecule is O=C(C[C@H]1CC[C@H]2[C@@H](COC[C@H](O)CN2Cc2cccc(-c3ccncc3)c2)O1)N1CCOCC1. The molecule has 0 spiro atoms. The Morgan fingerprint density at radius 1 is 1.03 bits per heavy atom. The molecule has 3 aliphatic rings. The van der Waals surface area contributed by atoms with Crippen molar-refractivity contribution < 1.29 is 24.1 Å². The highest BCUT2D eigenvalue weighted by atomic mass is 16.5. The van der Waals surface area contributed by atoms with Crippen LogP contribution in [0.25, 0.3) is 11.1 Å². The van der Waals surface area contributed by atoms with Crippen molar-refractivity contribution in [1.29, 1.82) is 0 Å². The number of hydrogen-bond acceptors (Lipinski definition) is 7. The third-order valence-electron chi connectivity index (χ3n) is 7.18. The van der Waals surface area contributed by atoms with Gasteiger partial charge in [0.15, 0.2) is 0 Å². The first-order valence-electron chi connectivity index (χ1n) is 12.7. The van der Waals surface area contributed by atoms with Crippen LogP contribution in [0.15, 0.2) is 48.8 Å². The van der Waals surface area contributed by atoms with Gasteiger partial charge in [-0.1, -0.05) is 18.2 Å². The van der Waals surface area contributed by atoms with Crippen molar-refractivity contribution >= 4 is 5.91 Å². The third-order valence-corrected chi connectivity index (χ3v) is 7.18. The molecule has 3 saturated heterocycles. The number of morpholine rings is 1. The second-order valence-corrected chi connectivity index (χ2v) is 9.70. The van der Waals surface area contributed by atoms with Crippen molar-refractivity contribution in [2.45, 2.75) is 50.2 Å². The van der Waals surface area contributed by atoms with Gasteiger partial charge in [0.1, 0.15) is 0 Å². The number of ether oxygens (including phenoxy) is 3. The molecule has 8 heteroatoms. The Labute approximate surface area is 206 Å². The summed E-state index contributed by atoms with van der Waals surface area (Å²) in [5.41, 5.74) is 3.48. The highest BCUT2D eigenvalue weighted by Gasteiger charge is 2.38. The normalized spacial score (nSPS) is 28.1. The van der Waals surface area contributed by atoms with Gasteiger partial charge >= 0.3 is 0 Å². The maximum Gasteiger partial charge on any atom is 0.225 e. The number of pyridine rings is 1. The Bertz CT molecular complexity index is 968. The monoisotopic (exact) mass is 481 g/mol. The average molecular weight is 482 g/mol. The molecule has 0 unspecified atom stereocenters. The largest absolute Gasteiger partial charge is 0.389 e. The molecule has 2 aromatic rings. The van der Waals surface area contributed by atoms with Gasteiger partial charge < -0.3 is 24.2 Å². The first kappa shape index (κ1) is 24.3. The van der Waals surface area contributed by atoms with Gasteiger partial charge in [0.25, 0.3) is 0 Å². The number of β-amino-alcohol motifs (C(OH)–C–C–N with tert-alkyl or cyclic N) is 1. The van der Waals surface area contributed by atoms with Gasteiger partial charge in [0.2, 0.25) is 5.91 Å². The number of benzene rings is 1. The maximum atomic E-state index is 12.8. The Balaban J connectivity index is 1.26. The Morgan fingerprint density at radius 3 is 2.69 bits per heavy atom. The average Bonchev–Trinajstić information content (AvgIpc) is 2.89. The number of aromatic nitrogens is 1. The number of carbonyl (C=O) groups is 1. The van der Waals surface area contributed by atoms with Gasteiger partial charge in [-0.3, -0.25) is 14.7 Å². The molecule has 1 aromatic heterocycles. The zero-order valence-corrected chi connectivity index (χ0v) is 20.1. The van der Waals surface area contributed by atoms with Gasteiger partial charge in [-0.25, -0.2) is 0 Å². The molecule has 0 saturated carbocycles. The molecule has 35 heavy (non-hydrogen) atoms. The third kappa shape index (κ3) is 6.26. The number of carbonyl (C=O) groups excluding carboxylic acids is 1. The van der Waals surface area contributed by atoms with E-state index in [1.54, 1.807) is 12.4 Å². The fraction of sp³-hybridized carbons (Fsp3) is 0.556. The summed E-state index contributed by atoms with van der Waals surface area (Å²) >= 11 is 0. The molecular weight excluding hydrogens is 446 g/mol. The maximum absolute atomic E-state index is 12.8. The summed E-state index contributed by atoms with van der Waals surface area (Å²) in [6.45, 7) is 4.50. The first-order chi connectivity index (χ1) is 17.2. The molecular formula is C27H35N3O5. The van der Waals surface area contributed by atoms with Gasteiger partial charge in [-0.2, -0.15) is 0 Å². The number of amides is 1. The van der Waals surface area contributed by atoms with Crippen LogP contribution in [0.3, 0.4) is 0 Å². The van der Waals surface area contributed by atoms with E-state index < -0.39 is 6.10 Å². The Hall–Kier alpha value is -2.36. The Morgan fingerprint density at radius 2 is 1.86 bits per heavy atom. The fourth-order valence-electron chi connectivity index (χ4n) is 5.39. The summed E-state index contributed by atoms with van der Waals surface area (Å²) in [5.74, 6) is 0.142. The van der Waals surface area contributed by atoms with Crippen molar-refractivity contribution in [2.24, 2.45) is 0 Å². The van der Waals surface area contributed by atoms with Gasteiger partial charge in [-0.05, 0) is 47.7 Å². The standard InChI is InChI=1S/C27H35N3O5/c31-23-17-30(16-20-2-1-3-22(14-20)21-6-8-28-9-7-21)25-5-4-24(35-26(25)19-34-18-23)15-27(32)29-10-12-33-13-11-29/h1-3,6-9,14,23-26,31H,4-5,10-13,15-19H2/t23-,24-,25+,26-/m1/s1. The van der Waals surface area contributed by atoms with E-state index in [9.17, 15) is 9.90 Å². The number of aliphatic hydroxyl groups is 1. The lowest BCUT2D eigenvalue weighted by molar-refractivity contribution is -0.162. The molecule has 1 amide bonds. The molecule has 188 valence electrons. The molecule has 8 nitrogen and oxygen atoms in total. The molecule has 1 N–H and O–H groups in total. The van der Waals surface area contributed by atoms with Crippen molar-refractivity contribution in [3.05, 3.63) is 54.4 Å². The molecule has 0 aliphatic carbocycles. The van der Waals surface area contributed by atoms with Crippen LogP contribution in [0.5, 0.6) is 0 Å². The lowest BCUT2D eigenvalue weighted by atomic mass is 9.94. The summed E-state index contributed by atoms with van der Waals surface area (Å²) in [4.78, 5) is 21.1. The highest BCUT2D eigenvalue weighted by Crippen LogP contribution is 2.30. The van der Waals surface area contributed by atoms with Crippen molar-refractivity contribution in [2.75, 3.05) is 46.1 Å². The van der Waals surface area contributed by atoms with Crippen LogP contribution < -0.4 is 0 Å². The van der Waals surface area contributed by atoms with E-state index in [0.29, 0.717) is 45.9 Å². The van der Waals surface area contributed by atoms with Crippen molar-refractivity contribution in [3.8, 4) is 11.1 Å². The summed E-state index contributed by atoms with van der Waals surface area (Å²) in [6, 6.07) is 12.7. The number of hydrogen-bond donors (Lipinski definition) is 1. The minimum Gasteiger partial charge on any atom is -0.389 e. The number of fused-ring (bicyclic) bond motifs is 1. The molecule has 5 rings (SSSR count). The number of rotatable bonds is 5. The molecule has 0 bridgehead atoms. The summed E-state index contributed by atoms with van der Waals surface area (Å²) in [5, 5.41) is 10.5. The lowest BCUT2D eigenvalue weighted by Crippen LogP contribution is -2.55. The molecule has 1 aromatic carbocycles. The predicted octanol–water partition coefficient (Wildman–Crippen LogP) is 2.11. The second-order valence-electron chi connectivity index (χ2n) is 9.70. The fourth-order valence-corrected chi connectivity index (χ4v) is 5.39. The van der Waals surface area contributed by atoms with Crippen LogP contribution in [-0.2, 0) is 25.5 Å². The molecule has 0 radical (unpaired) electrons. The van der Waals surface area contributed by atoms with E-state index >= 15 is 0 Å². The van der Waals surface area contributed by atoms with E-state index in [-0.39, 0.29) is 30.8 Å².